The van der Waals surface area contributed by atoms with E-state index >= 15 is 0 Å². The quantitative estimate of drug-likeness (QED) is 0.323. The van der Waals surface area contributed by atoms with Crippen LogP contribution in [0.25, 0.3) is 10.8 Å². The summed E-state index contributed by atoms with van der Waals surface area (Å²) in [6.07, 6.45) is 0. The molecular formula is C28H27NO4. The van der Waals surface area contributed by atoms with Crippen molar-refractivity contribution in [2.24, 2.45) is 0 Å². The molecule has 0 atom stereocenters. The van der Waals surface area contributed by atoms with Crippen molar-refractivity contribution in [3.05, 3.63) is 96.1 Å². The standard InChI is InChI=1S/C28H27NO4/c1-3-31-25-14-11-24(12-15-25)29-28(30)22-10-16-27(32-4-2)23(17-22)19-33-26-13-9-20-7-5-6-8-21(20)18-26/h5-18H,3-4,19H2,1-2H3,(H,29,30). The number of nitrogens with one attached hydrogen (secondary N) is 1. The summed E-state index contributed by atoms with van der Waals surface area (Å²) >= 11 is 0. The van der Waals surface area contributed by atoms with Crippen LogP contribution in [0.1, 0.15) is 29.8 Å². The van der Waals surface area contributed by atoms with Crippen molar-refractivity contribution < 1.29 is 19.0 Å². The number of hydrogen-bond acceptors (Lipinski definition) is 4. The Bertz CT molecular complexity index is 1230. The number of amides is 1. The van der Waals surface area contributed by atoms with Crippen LogP contribution < -0.4 is 19.5 Å². The van der Waals surface area contributed by atoms with Crippen molar-refractivity contribution >= 4 is 22.4 Å². The van der Waals surface area contributed by atoms with Crippen LogP contribution in [0.3, 0.4) is 0 Å². The van der Waals surface area contributed by atoms with Gasteiger partial charge in [0.15, 0.2) is 0 Å². The maximum Gasteiger partial charge on any atom is 0.255 e. The normalized spacial score (nSPS) is 10.6. The van der Waals surface area contributed by atoms with E-state index < -0.39 is 0 Å². The minimum Gasteiger partial charge on any atom is -0.494 e. The molecule has 0 bridgehead atoms. The van der Waals surface area contributed by atoms with Gasteiger partial charge < -0.3 is 19.5 Å². The Morgan fingerprint density at radius 1 is 0.727 bits per heavy atom. The van der Waals surface area contributed by atoms with Crippen molar-refractivity contribution in [3.8, 4) is 17.2 Å². The Kier molecular flexibility index (Phi) is 7.10. The zero-order valence-corrected chi connectivity index (χ0v) is 18.8. The van der Waals surface area contributed by atoms with Gasteiger partial charge in [0.25, 0.3) is 5.91 Å². The van der Waals surface area contributed by atoms with Crippen LogP contribution in [0.2, 0.25) is 0 Å². The Morgan fingerprint density at radius 2 is 1.45 bits per heavy atom. The van der Waals surface area contributed by atoms with Crippen molar-refractivity contribution in [3.63, 3.8) is 0 Å². The summed E-state index contributed by atoms with van der Waals surface area (Å²) in [6.45, 7) is 5.28. The molecule has 0 aliphatic rings. The van der Waals surface area contributed by atoms with Crippen molar-refractivity contribution in [2.45, 2.75) is 20.5 Å². The monoisotopic (exact) mass is 441 g/mol. The van der Waals surface area contributed by atoms with Gasteiger partial charge in [-0.2, -0.15) is 0 Å². The number of rotatable bonds is 9. The van der Waals surface area contributed by atoms with Gasteiger partial charge in [-0.25, -0.2) is 0 Å². The molecule has 0 aliphatic heterocycles. The molecule has 5 heteroatoms. The summed E-state index contributed by atoms with van der Waals surface area (Å²) in [5.41, 5.74) is 2.04. The van der Waals surface area contributed by atoms with Gasteiger partial charge in [-0.15, -0.1) is 0 Å². The number of carbonyl (C=O) groups excluding carboxylic acids is 1. The molecule has 1 amide bonds. The third-order valence-electron chi connectivity index (χ3n) is 5.16. The number of ether oxygens (including phenoxy) is 3. The lowest BCUT2D eigenvalue weighted by atomic mass is 10.1. The number of carbonyl (C=O) groups is 1. The minimum absolute atomic E-state index is 0.200. The molecule has 0 saturated carbocycles. The maximum atomic E-state index is 12.8. The van der Waals surface area contributed by atoms with Gasteiger partial charge in [0, 0.05) is 16.8 Å². The molecule has 5 nitrogen and oxygen atoms in total. The molecule has 0 fully saturated rings. The highest BCUT2D eigenvalue weighted by molar-refractivity contribution is 6.04. The number of fused-ring (bicyclic) bond motifs is 1. The fourth-order valence-electron chi connectivity index (χ4n) is 3.55. The molecule has 0 spiro atoms. The summed E-state index contributed by atoms with van der Waals surface area (Å²) in [5, 5.41) is 5.20. The van der Waals surface area contributed by atoms with E-state index in [4.69, 9.17) is 14.2 Å². The van der Waals surface area contributed by atoms with Crippen LogP contribution in [-0.4, -0.2) is 19.1 Å². The molecule has 0 saturated heterocycles. The van der Waals surface area contributed by atoms with Gasteiger partial charge in [0.05, 0.1) is 13.2 Å². The average Bonchev–Trinajstić information content (AvgIpc) is 2.85. The predicted octanol–water partition coefficient (Wildman–Crippen LogP) is 6.47. The largest absolute Gasteiger partial charge is 0.494 e. The fraction of sp³-hybridized carbons (Fsp3) is 0.179. The molecule has 0 radical (unpaired) electrons. The zero-order valence-electron chi connectivity index (χ0n) is 18.8. The van der Waals surface area contributed by atoms with Gasteiger partial charge in [-0.3, -0.25) is 4.79 Å². The second kappa shape index (κ2) is 10.6. The molecule has 4 aromatic rings. The molecule has 0 heterocycles. The first-order valence-corrected chi connectivity index (χ1v) is 11.1. The third kappa shape index (κ3) is 5.63. The molecule has 1 N–H and O–H groups in total. The smallest absolute Gasteiger partial charge is 0.255 e. The van der Waals surface area contributed by atoms with Crippen LogP contribution in [0.15, 0.2) is 84.9 Å². The van der Waals surface area contributed by atoms with Gasteiger partial charge in [-0.05, 0) is 79.2 Å². The molecule has 168 valence electrons. The van der Waals surface area contributed by atoms with E-state index in [0.29, 0.717) is 30.2 Å². The topological polar surface area (TPSA) is 56.8 Å². The SMILES string of the molecule is CCOc1ccc(NC(=O)c2ccc(OCC)c(COc3ccc4ccccc4c3)c2)cc1. The average molecular weight is 442 g/mol. The summed E-state index contributed by atoms with van der Waals surface area (Å²) < 4.78 is 17.3. The summed E-state index contributed by atoms with van der Waals surface area (Å²) in [7, 11) is 0. The fourth-order valence-corrected chi connectivity index (χ4v) is 3.55. The molecule has 0 unspecified atom stereocenters. The lowest BCUT2D eigenvalue weighted by Crippen LogP contribution is -2.13. The lowest BCUT2D eigenvalue weighted by molar-refractivity contribution is 0.102. The van der Waals surface area contributed by atoms with Gasteiger partial charge >= 0.3 is 0 Å². The first-order chi connectivity index (χ1) is 16.2. The second-order valence-corrected chi connectivity index (χ2v) is 7.46. The summed E-state index contributed by atoms with van der Waals surface area (Å²) in [4.78, 5) is 12.8. The molecule has 0 aliphatic carbocycles. The van der Waals surface area contributed by atoms with E-state index in [-0.39, 0.29) is 12.5 Å². The minimum atomic E-state index is -0.200. The zero-order chi connectivity index (χ0) is 23.0. The van der Waals surface area contributed by atoms with Gasteiger partial charge in [-0.1, -0.05) is 30.3 Å². The highest BCUT2D eigenvalue weighted by Gasteiger charge is 2.12. The van der Waals surface area contributed by atoms with E-state index in [1.54, 1.807) is 6.07 Å². The molecule has 4 rings (SSSR count). The van der Waals surface area contributed by atoms with Crippen molar-refractivity contribution in [2.75, 3.05) is 18.5 Å². The summed E-state index contributed by atoms with van der Waals surface area (Å²) in [5.74, 6) is 2.04. The van der Waals surface area contributed by atoms with Crippen molar-refractivity contribution in [1.29, 1.82) is 0 Å². The van der Waals surface area contributed by atoms with Gasteiger partial charge in [0.2, 0.25) is 0 Å². The van der Waals surface area contributed by atoms with E-state index in [2.05, 4.69) is 17.4 Å². The molecule has 33 heavy (non-hydrogen) atoms. The maximum absolute atomic E-state index is 12.8. The van der Waals surface area contributed by atoms with Crippen molar-refractivity contribution in [1.82, 2.24) is 0 Å². The number of benzene rings is 4. The number of hydrogen-bond donors (Lipinski definition) is 1. The lowest BCUT2D eigenvalue weighted by Gasteiger charge is -2.14. The number of anilines is 1. The van der Waals surface area contributed by atoms with E-state index in [9.17, 15) is 4.79 Å². The molecule has 0 aromatic heterocycles. The van der Waals surface area contributed by atoms with Crippen LogP contribution in [0, 0.1) is 0 Å². The van der Waals surface area contributed by atoms with E-state index in [0.717, 1.165) is 27.8 Å². The van der Waals surface area contributed by atoms with Gasteiger partial charge in [0.1, 0.15) is 23.9 Å². The van der Waals surface area contributed by atoms with Crippen LogP contribution >= 0.6 is 0 Å². The Morgan fingerprint density at radius 3 is 2.21 bits per heavy atom. The molecule has 4 aromatic carbocycles. The van der Waals surface area contributed by atoms with Crippen LogP contribution in [-0.2, 0) is 6.61 Å². The first kappa shape index (κ1) is 22.2. The van der Waals surface area contributed by atoms with E-state index in [1.165, 1.54) is 0 Å². The second-order valence-electron chi connectivity index (χ2n) is 7.46. The highest BCUT2D eigenvalue weighted by Crippen LogP contribution is 2.26. The Balaban J connectivity index is 1.49. The highest BCUT2D eigenvalue weighted by atomic mass is 16.5. The Hall–Kier alpha value is -3.99. The van der Waals surface area contributed by atoms with Crippen LogP contribution in [0.4, 0.5) is 5.69 Å². The third-order valence-corrected chi connectivity index (χ3v) is 5.16. The summed E-state index contributed by atoms with van der Waals surface area (Å²) in [6, 6.07) is 26.8. The first-order valence-electron chi connectivity index (χ1n) is 11.1. The molecular weight excluding hydrogens is 414 g/mol. The van der Waals surface area contributed by atoms with E-state index in [1.807, 2.05) is 80.6 Å². The Labute approximate surface area is 193 Å². The predicted molar refractivity (Wildman–Crippen MR) is 131 cm³/mol. The van der Waals surface area contributed by atoms with Crippen LogP contribution in [0.5, 0.6) is 17.2 Å².